The van der Waals surface area contributed by atoms with Gasteiger partial charge in [0.05, 0.1) is 17.9 Å². The minimum absolute atomic E-state index is 0.0616. The second kappa shape index (κ2) is 5.64. The van der Waals surface area contributed by atoms with Gasteiger partial charge in [-0.15, -0.1) is 0 Å². The maximum atomic E-state index is 12.8. The SMILES string of the molecule is CCOC(=O)[C@H]1C(=C(C)C)[C@]1(C)C(=O)c1ccc(Cl)cc1. The van der Waals surface area contributed by atoms with Gasteiger partial charge in [0.2, 0.25) is 0 Å². The summed E-state index contributed by atoms with van der Waals surface area (Å²) < 4.78 is 5.10. The van der Waals surface area contributed by atoms with E-state index in [0.29, 0.717) is 17.2 Å². The van der Waals surface area contributed by atoms with Gasteiger partial charge in [0, 0.05) is 10.6 Å². The van der Waals surface area contributed by atoms with Crippen LogP contribution in [0.1, 0.15) is 38.1 Å². The minimum atomic E-state index is -0.793. The van der Waals surface area contributed by atoms with Crippen LogP contribution < -0.4 is 0 Å². The lowest BCUT2D eigenvalue weighted by Gasteiger charge is -2.09. The van der Waals surface area contributed by atoms with Crippen molar-refractivity contribution in [1.29, 1.82) is 0 Å². The molecule has 2 rings (SSSR count). The Balaban J connectivity index is 2.36. The van der Waals surface area contributed by atoms with Crippen molar-refractivity contribution in [2.45, 2.75) is 27.7 Å². The third-order valence-electron chi connectivity index (χ3n) is 3.98. The molecule has 1 aromatic carbocycles. The van der Waals surface area contributed by atoms with Crippen molar-refractivity contribution in [2.75, 3.05) is 6.61 Å². The number of esters is 1. The molecular weight excluding hydrogens is 288 g/mol. The maximum absolute atomic E-state index is 12.8. The normalized spacial score (nSPS) is 23.7. The monoisotopic (exact) mass is 306 g/mol. The van der Waals surface area contributed by atoms with Gasteiger partial charge in [-0.2, -0.15) is 0 Å². The van der Waals surface area contributed by atoms with Crippen LogP contribution in [0.15, 0.2) is 35.4 Å². The van der Waals surface area contributed by atoms with Gasteiger partial charge in [-0.05, 0) is 57.5 Å². The highest BCUT2D eigenvalue weighted by Gasteiger charge is 2.66. The predicted molar refractivity (Wildman–Crippen MR) is 82.4 cm³/mol. The van der Waals surface area contributed by atoms with E-state index in [9.17, 15) is 9.59 Å². The molecular formula is C17H19ClO3. The molecule has 0 aromatic heterocycles. The standard InChI is InChI=1S/C17H19ClO3/c1-5-21-16(20)14-13(10(2)3)17(14,4)15(19)11-6-8-12(18)9-7-11/h6-9,14H,5H2,1-4H3/t14-,17+/m1/s1. The molecule has 0 aliphatic heterocycles. The molecule has 1 fully saturated rings. The van der Waals surface area contributed by atoms with Crippen LogP contribution in [0.4, 0.5) is 0 Å². The lowest BCUT2D eigenvalue weighted by atomic mass is 9.93. The zero-order valence-electron chi connectivity index (χ0n) is 12.7. The van der Waals surface area contributed by atoms with Crippen molar-refractivity contribution in [3.63, 3.8) is 0 Å². The van der Waals surface area contributed by atoms with Crippen LogP contribution in [0.25, 0.3) is 0 Å². The van der Waals surface area contributed by atoms with E-state index in [1.165, 1.54) is 0 Å². The van der Waals surface area contributed by atoms with E-state index in [1.54, 1.807) is 31.2 Å². The average molecular weight is 307 g/mol. The summed E-state index contributed by atoms with van der Waals surface area (Å²) in [4.78, 5) is 24.9. The third kappa shape index (κ3) is 2.62. The highest BCUT2D eigenvalue weighted by Crippen LogP contribution is 2.61. The summed E-state index contributed by atoms with van der Waals surface area (Å²) in [6.07, 6.45) is 0. The number of ketones is 1. The van der Waals surface area contributed by atoms with Gasteiger partial charge in [-0.1, -0.05) is 17.2 Å². The highest BCUT2D eigenvalue weighted by molar-refractivity contribution is 6.30. The second-order valence-electron chi connectivity index (χ2n) is 5.64. The van der Waals surface area contributed by atoms with Crippen LogP contribution in [0, 0.1) is 11.3 Å². The van der Waals surface area contributed by atoms with E-state index in [2.05, 4.69) is 0 Å². The molecule has 0 heterocycles. The zero-order valence-corrected chi connectivity index (χ0v) is 13.5. The Hall–Kier alpha value is -1.61. The summed E-state index contributed by atoms with van der Waals surface area (Å²) in [5.41, 5.74) is 1.64. The average Bonchev–Trinajstić information content (AvgIpc) is 3.07. The summed E-state index contributed by atoms with van der Waals surface area (Å²) >= 11 is 5.85. The van der Waals surface area contributed by atoms with Crippen molar-refractivity contribution in [3.8, 4) is 0 Å². The quantitative estimate of drug-likeness (QED) is 0.478. The molecule has 1 aromatic rings. The molecule has 2 atom stereocenters. The van der Waals surface area contributed by atoms with Crippen LogP contribution in [0.3, 0.4) is 0 Å². The van der Waals surface area contributed by atoms with Gasteiger partial charge in [0.25, 0.3) is 0 Å². The summed E-state index contributed by atoms with van der Waals surface area (Å²) in [6, 6.07) is 6.75. The molecule has 0 saturated heterocycles. The number of ether oxygens (including phenoxy) is 1. The van der Waals surface area contributed by atoms with Crippen LogP contribution in [0.5, 0.6) is 0 Å². The molecule has 0 N–H and O–H groups in total. The first-order chi connectivity index (χ1) is 9.83. The molecule has 4 heteroatoms. The molecule has 0 spiro atoms. The Morgan fingerprint density at radius 2 is 1.81 bits per heavy atom. The fourth-order valence-electron chi connectivity index (χ4n) is 2.98. The van der Waals surface area contributed by atoms with E-state index in [-0.39, 0.29) is 11.8 Å². The predicted octanol–water partition coefficient (Wildman–Crippen LogP) is 4.06. The lowest BCUT2D eigenvalue weighted by molar-refractivity contribution is -0.145. The fraction of sp³-hybridized carbons (Fsp3) is 0.412. The first-order valence-corrected chi connectivity index (χ1v) is 7.36. The Bertz CT molecular complexity index is 611. The fourth-order valence-corrected chi connectivity index (χ4v) is 3.11. The Labute approximate surface area is 129 Å². The number of Topliss-reactive ketones (excluding diaryl/α,β-unsaturated/α-hetero) is 1. The number of benzene rings is 1. The molecule has 0 bridgehead atoms. The molecule has 0 radical (unpaired) electrons. The van der Waals surface area contributed by atoms with Gasteiger partial charge in [0.15, 0.2) is 5.78 Å². The summed E-state index contributed by atoms with van der Waals surface area (Å²) in [6.45, 7) is 7.73. The van der Waals surface area contributed by atoms with E-state index in [1.807, 2.05) is 20.8 Å². The lowest BCUT2D eigenvalue weighted by Crippen LogP contribution is -2.20. The van der Waals surface area contributed by atoms with Crippen molar-refractivity contribution < 1.29 is 14.3 Å². The molecule has 1 aliphatic rings. The summed E-state index contributed by atoms with van der Waals surface area (Å²) in [7, 11) is 0. The molecule has 112 valence electrons. The number of hydrogen-bond acceptors (Lipinski definition) is 3. The van der Waals surface area contributed by atoms with Crippen LogP contribution in [-0.2, 0) is 9.53 Å². The molecule has 0 unspecified atom stereocenters. The van der Waals surface area contributed by atoms with Gasteiger partial charge < -0.3 is 4.74 Å². The first-order valence-electron chi connectivity index (χ1n) is 6.98. The van der Waals surface area contributed by atoms with Gasteiger partial charge in [-0.25, -0.2) is 0 Å². The molecule has 3 nitrogen and oxygen atoms in total. The molecule has 0 amide bonds. The van der Waals surface area contributed by atoms with Crippen molar-refractivity contribution in [3.05, 3.63) is 46.0 Å². The third-order valence-corrected chi connectivity index (χ3v) is 4.23. The van der Waals surface area contributed by atoms with E-state index < -0.39 is 11.3 Å². The Kier molecular flexibility index (Phi) is 4.24. The van der Waals surface area contributed by atoms with Crippen LogP contribution >= 0.6 is 11.6 Å². The minimum Gasteiger partial charge on any atom is -0.465 e. The van der Waals surface area contributed by atoms with Gasteiger partial charge in [-0.3, -0.25) is 9.59 Å². The number of halogens is 1. The van der Waals surface area contributed by atoms with E-state index in [4.69, 9.17) is 16.3 Å². The van der Waals surface area contributed by atoms with Crippen molar-refractivity contribution in [2.24, 2.45) is 11.3 Å². The smallest absolute Gasteiger partial charge is 0.314 e. The number of carbonyl (C=O) groups is 2. The first kappa shape index (κ1) is 15.8. The molecule has 21 heavy (non-hydrogen) atoms. The molecule has 1 aliphatic carbocycles. The van der Waals surface area contributed by atoms with Gasteiger partial charge in [0.1, 0.15) is 0 Å². The number of hydrogen-bond donors (Lipinski definition) is 0. The maximum Gasteiger partial charge on any atom is 0.314 e. The van der Waals surface area contributed by atoms with E-state index in [0.717, 1.165) is 11.1 Å². The second-order valence-corrected chi connectivity index (χ2v) is 6.07. The zero-order chi connectivity index (χ0) is 15.8. The Morgan fingerprint density at radius 1 is 1.24 bits per heavy atom. The number of carbonyl (C=O) groups excluding carboxylic acids is 2. The molecule has 1 saturated carbocycles. The Morgan fingerprint density at radius 3 is 2.29 bits per heavy atom. The van der Waals surface area contributed by atoms with Crippen molar-refractivity contribution in [1.82, 2.24) is 0 Å². The van der Waals surface area contributed by atoms with Crippen molar-refractivity contribution >= 4 is 23.4 Å². The van der Waals surface area contributed by atoms with Crippen LogP contribution in [-0.4, -0.2) is 18.4 Å². The highest BCUT2D eigenvalue weighted by atomic mass is 35.5. The summed E-state index contributed by atoms with van der Waals surface area (Å²) in [5, 5.41) is 0.580. The van der Waals surface area contributed by atoms with Crippen LogP contribution in [0.2, 0.25) is 5.02 Å². The van der Waals surface area contributed by atoms with E-state index >= 15 is 0 Å². The number of allylic oxidation sites excluding steroid dienone is 1. The summed E-state index contributed by atoms with van der Waals surface area (Å²) in [5.74, 6) is -0.849. The van der Waals surface area contributed by atoms with Gasteiger partial charge >= 0.3 is 5.97 Å². The largest absolute Gasteiger partial charge is 0.465 e. The number of rotatable bonds is 4. The topological polar surface area (TPSA) is 43.4 Å².